The van der Waals surface area contributed by atoms with Crippen LogP contribution in [0.1, 0.15) is 79.6 Å². The van der Waals surface area contributed by atoms with Gasteiger partial charge in [-0.15, -0.1) is 0 Å². The number of aliphatic hydroxyl groups excluding tert-OH is 3. The maximum absolute atomic E-state index is 12.4. The summed E-state index contributed by atoms with van der Waals surface area (Å²) in [5, 5.41) is 29.7. The van der Waals surface area contributed by atoms with E-state index in [0.717, 1.165) is 25.7 Å². The molecule has 3 aliphatic rings. The van der Waals surface area contributed by atoms with Crippen molar-refractivity contribution in [2.45, 2.75) is 110 Å². The topological polar surface area (TPSA) is 87.0 Å². The molecule has 1 saturated heterocycles. The van der Waals surface area contributed by atoms with Gasteiger partial charge in [0.25, 0.3) is 0 Å². The van der Waals surface area contributed by atoms with Gasteiger partial charge in [-0.1, -0.05) is 41.0 Å². The molecule has 3 fully saturated rings. The Labute approximate surface area is 159 Å². The lowest BCUT2D eigenvalue weighted by Crippen LogP contribution is -2.57. The first-order chi connectivity index (χ1) is 12.4. The van der Waals surface area contributed by atoms with Gasteiger partial charge in [-0.25, -0.2) is 0 Å². The van der Waals surface area contributed by atoms with Crippen LogP contribution in [0, 0.1) is 17.8 Å². The van der Waals surface area contributed by atoms with Crippen LogP contribution in [0.4, 0.5) is 0 Å². The van der Waals surface area contributed by atoms with Crippen molar-refractivity contribution in [3.05, 3.63) is 0 Å². The Morgan fingerprint density at radius 2 is 1.54 bits per heavy atom. The number of fused-ring (bicyclic) bond motifs is 1. The second-order valence-electron chi connectivity index (χ2n) is 7.84. The molecule has 3 rings (SSSR count). The average molecular weight is 373 g/mol. The minimum atomic E-state index is -0.789. The number of hydrogen-bond acceptors (Lipinski definition) is 5. The summed E-state index contributed by atoms with van der Waals surface area (Å²) in [6.45, 7) is 10.1. The van der Waals surface area contributed by atoms with Gasteiger partial charge >= 0.3 is 0 Å². The molecule has 0 aromatic heterocycles. The van der Waals surface area contributed by atoms with Crippen LogP contribution < -0.4 is 0 Å². The van der Waals surface area contributed by atoms with E-state index in [1.54, 1.807) is 0 Å². The second kappa shape index (κ2) is 11.4. The molecule has 0 aromatic rings. The predicted molar refractivity (Wildman–Crippen MR) is 103 cm³/mol. The van der Waals surface area contributed by atoms with Crippen molar-refractivity contribution in [3.63, 3.8) is 0 Å². The molecule has 0 spiro atoms. The predicted octanol–water partition coefficient (Wildman–Crippen LogP) is 3.08. The molecule has 6 unspecified atom stereocenters. The molecule has 5 heteroatoms. The fourth-order valence-electron chi connectivity index (χ4n) is 4.32. The Balaban J connectivity index is 0.000000615. The van der Waals surface area contributed by atoms with Gasteiger partial charge in [0.15, 0.2) is 0 Å². The Bertz CT molecular complexity index is 405. The first-order valence-electron chi connectivity index (χ1n) is 10.6. The Hall–Kier alpha value is -0.490. The minimum Gasteiger partial charge on any atom is -0.393 e. The summed E-state index contributed by atoms with van der Waals surface area (Å²) in [5.74, 6) is -0.219. The van der Waals surface area contributed by atoms with Crippen molar-refractivity contribution in [1.82, 2.24) is 0 Å². The van der Waals surface area contributed by atoms with Crippen LogP contribution in [0.15, 0.2) is 0 Å². The van der Waals surface area contributed by atoms with Gasteiger partial charge in [0, 0.05) is 18.8 Å². The Morgan fingerprint density at radius 1 is 1.00 bits per heavy atom. The molecule has 0 aromatic carbocycles. The summed E-state index contributed by atoms with van der Waals surface area (Å²) in [5.41, 5.74) is 0. The maximum atomic E-state index is 12.4. The SMILES string of the molecule is CC.CC1C(O)CC(O)C2C(=O)CC(C3CCC(O)CC3)OC12.CCC. The molecule has 26 heavy (non-hydrogen) atoms. The monoisotopic (exact) mass is 372 g/mol. The lowest BCUT2D eigenvalue weighted by molar-refractivity contribution is -0.196. The van der Waals surface area contributed by atoms with Gasteiger partial charge in [0.05, 0.1) is 36.4 Å². The molecule has 2 saturated carbocycles. The molecule has 1 heterocycles. The smallest absolute Gasteiger partial charge is 0.143 e. The third kappa shape index (κ3) is 5.75. The standard InChI is InChI=1S/C16H26O5.C3H8.C2H6/c1-8-11(18)6-12(19)15-13(20)7-14(21-16(8)15)9-2-4-10(17)5-3-9;1-3-2;1-2/h8-12,14-19H,2-7H2,1H3;3H2,1-2H3;1-2H3. The van der Waals surface area contributed by atoms with E-state index in [1.807, 2.05) is 20.8 Å². The number of carbonyl (C=O) groups is 1. The number of rotatable bonds is 1. The van der Waals surface area contributed by atoms with Crippen molar-refractivity contribution in [3.8, 4) is 0 Å². The molecule has 1 aliphatic heterocycles. The molecule has 2 aliphatic carbocycles. The van der Waals surface area contributed by atoms with Crippen LogP contribution in [0.5, 0.6) is 0 Å². The molecule has 6 atom stereocenters. The van der Waals surface area contributed by atoms with Crippen LogP contribution >= 0.6 is 0 Å². The highest BCUT2D eigenvalue weighted by molar-refractivity contribution is 5.83. The third-order valence-corrected chi connectivity index (χ3v) is 5.75. The fraction of sp³-hybridized carbons (Fsp3) is 0.952. The van der Waals surface area contributed by atoms with Crippen molar-refractivity contribution in [2.24, 2.45) is 17.8 Å². The van der Waals surface area contributed by atoms with Crippen molar-refractivity contribution in [1.29, 1.82) is 0 Å². The van der Waals surface area contributed by atoms with E-state index < -0.39 is 18.1 Å². The minimum absolute atomic E-state index is 0.0774. The van der Waals surface area contributed by atoms with Crippen LogP contribution in [0.25, 0.3) is 0 Å². The lowest BCUT2D eigenvalue weighted by atomic mass is 9.70. The number of aliphatic hydroxyl groups is 3. The van der Waals surface area contributed by atoms with E-state index in [9.17, 15) is 20.1 Å². The quantitative estimate of drug-likeness (QED) is 0.658. The summed E-state index contributed by atoms with van der Waals surface area (Å²) in [7, 11) is 0. The van der Waals surface area contributed by atoms with Gasteiger partial charge in [0.2, 0.25) is 0 Å². The zero-order valence-corrected chi connectivity index (χ0v) is 17.2. The van der Waals surface area contributed by atoms with Gasteiger partial charge in [-0.3, -0.25) is 4.79 Å². The number of Topliss-reactive ketones (excluding diaryl/α,β-unsaturated/α-hetero) is 1. The van der Waals surface area contributed by atoms with E-state index in [0.29, 0.717) is 12.3 Å². The Kier molecular flexibility index (Phi) is 10.3. The number of carbonyl (C=O) groups excluding carboxylic acids is 1. The molecular weight excluding hydrogens is 332 g/mol. The van der Waals surface area contributed by atoms with E-state index in [4.69, 9.17) is 4.74 Å². The highest BCUT2D eigenvalue weighted by Crippen LogP contribution is 2.41. The van der Waals surface area contributed by atoms with Gasteiger partial charge < -0.3 is 20.1 Å². The molecule has 5 nitrogen and oxygen atoms in total. The molecule has 3 N–H and O–H groups in total. The summed E-state index contributed by atoms with van der Waals surface area (Å²) < 4.78 is 6.17. The maximum Gasteiger partial charge on any atom is 0.143 e. The van der Waals surface area contributed by atoms with Crippen LogP contribution in [0.2, 0.25) is 0 Å². The van der Waals surface area contributed by atoms with Gasteiger partial charge in [-0.05, 0) is 31.6 Å². The van der Waals surface area contributed by atoms with Crippen molar-refractivity contribution in [2.75, 3.05) is 0 Å². The number of hydrogen-bond donors (Lipinski definition) is 3. The largest absolute Gasteiger partial charge is 0.393 e. The molecule has 0 bridgehead atoms. The zero-order valence-electron chi connectivity index (χ0n) is 17.2. The molecule has 154 valence electrons. The van der Waals surface area contributed by atoms with E-state index in [2.05, 4.69) is 13.8 Å². The highest BCUT2D eigenvalue weighted by atomic mass is 16.5. The third-order valence-electron chi connectivity index (χ3n) is 5.75. The number of ketones is 1. The van der Waals surface area contributed by atoms with Crippen molar-refractivity contribution < 1.29 is 24.9 Å². The first-order valence-corrected chi connectivity index (χ1v) is 10.6. The van der Waals surface area contributed by atoms with Gasteiger partial charge in [0.1, 0.15) is 5.78 Å². The lowest BCUT2D eigenvalue weighted by Gasteiger charge is -2.48. The summed E-state index contributed by atoms with van der Waals surface area (Å²) in [4.78, 5) is 12.4. The molecule has 0 amide bonds. The van der Waals surface area contributed by atoms with Gasteiger partial charge in [-0.2, -0.15) is 0 Å². The normalized spacial score (nSPS) is 42.5. The summed E-state index contributed by atoms with van der Waals surface area (Å²) in [6, 6.07) is 0. The summed E-state index contributed by atoms with van der Waals surface area (Å²) >= 11 is 0. The zero-order chi connectivity index (χ0) is 19.9. The molecule has 0 radical (unpaired) electrons. The highest BCUT2D eigenvalue weighted by Gasteiger charge is 2.50. The van der Waals surface area contributed by atoms with E-state index in [1.165, 1.54) is 6.42 Å². The first kappa shape index (κ1) is 23.5. The number of ether oxygens (including phenoxy) is 1. The van der Waals surface area contributed by atoms with Crippen LogP contribution in [0.3, 0.4) is 0 Å². The van der Waals surface area contributed by atoms with E-state index >= 15 is 0 Å². The average Bonchev–Trinajstić information content (AvgIpc) is 2.62. The fourth-order valence-corrected chi connectivity index (χ4v) is 4.32. The van der Waals surface area contributed by atoms with Crippen molar-refractivity contribution >= 4 is 5.78 Å². The van der Waals surface area contributed by atoms with Crippen LogP contribution in [-0.4, -0.2) is 51.6 Å². The van der Waals surface area contributed by atoms with E-state index in [-0.39, 0.29) is 36.4 Å². The second-order valence-corrected chi connectivity index (χ2v) is 7.84. The Morgan fingerprint density at radius 3 is 2.08 bits per heavy atom. The van der Waals surface area contributed by atoms with Crippen LogP contribution in [-0.2, 0) is 9.53 Å². The summed E-state index contributed by atoms with van der Waals surface area (Å²) in [6.07, 6.45) is 3.08. The molecular formula is C21H40O5.